The highest BCUT2D eigenvalue weighted by Crippen LogP contribution is 2.30. The maximum Gasteiger partial charge on any atom is 0.268 e. The Bertz CT molecular complexity index is 953. The van der Waals surface area contributed by atoms with Crippen LogP contribution in [0, 0.1) is 6.92 Å². The number of nitrogens with zero attached hydrogens (tertiary/aromatic N) is 1. The maximum atomic E-state index is 12.7. The molecule has 0 bridgehead atoms. The Morgan fingerprint density at radius 3 is 2.50 bits per heavy atom. The number of fused-ring (bicyclic) bond motifs is 1. The van der Waals surface area contributed by atoms with Crippen molar-refractivity contribution < 1.29 is 4.79 Å². The largest absolute Gasteiger partial charge is 0.348 e. The van der Waals surface area contributed by atoms with E-state index < -0.39 is 0 Å². The zero-order chi connectivity index (χ0) is 18.5. The SMILES string of the molecule is Cc1cc2c(cc(C(=O)NC3CC3)n2Cc2ccc(C(C)(C)C)cc2)s1. The number of nitrogens with one attached hydrogen (secondary N) is 1. The molecule has 4 rings (SSSR count). The van der Waals surface area contributed by atoms with Crippen LogP contribution in [0.5, 0.6) is 0 Å². The monoisotopic (exact) mass is 366 g/mol. The van der Waals surface area contributed by atoms with E-state index in [0.717, 1.165) is 30.6 Å². The van der Waals surface area contributed by atoms with Gasteiger partial charge in [0.25, 0.3) is 5.91 Å². The number of aromatic nitrogens is 1. The van der Waals surface area contributed by atoms with E-state index in [1.165, 1.54) is 20.7 Å². The standard InChI is InChI=1S/C22H26N2OS/c1-14-11-18-20(26-14)12-19(21(25)23-17-9-10-17)24(18)13-15-5-7-16(8-6-15)22(2,3)4/h5-8,11-12,17H,9-10,13H2,1-4H3,(H,23,25). The second-order valence-corrected chi connectivity index (χ2v) is 9.70. The summed E-state index contributed by atoms with van der Waals surface area (Å²) in [5.74, 6) is 0.0554. The minimum atomic E-state index is 0.0554. The fraction of sp³-hybridized carbons (Fsp3) is 0.409. The Morgan fingerprint density at radius 2 is 1.88 bits per heavy atom. The molecule has 1 aliphatic carbocycles. The summed E-state index contributed by atoms with van der Waals surface area (Å²) in [7, 11) is 0. The Kier molecular flexibility index (Phi) is 4.19. The van der Waals surface area contributed by atoms with Gasteiger partial charge < -0.3 is 9.88 Å². The fourth-order valence-corrected chi connectivity index (χ4v) is 4.26. The van der Waals surface area contributed by atoms with Gasteiger partial charge in [-0.1, -0.05) is 45.0 Å². The first-order valence-electron chi connectivity index (χ1n) is 9.31. The van der Waals surface area contributed by atoms with E-state index in [1.807, 2.05) is 6.07 Å². The van der Waals surface area contributed by atoms with Gasteiger partial charge in [-0.05, 0) is 48.4 Å². The topological polar surface area (TPSA) is 34.0 Å². The molecule has 0 aliphatic heterocycles. The number of carbonyl (C=O) groups excluding carboxylic acids is 1. The number of amides is 1. The molecular weight excluding hydrogens is 340 g/mol. The average Bonchev–Trinajstić information content (AvgIpc) is 3.22. The highest BCUT2D eigenvalue weighted by molar-refractivity contribution is 7.19. The van der Waals surface area contributed by atoms with Crippen LogP contribution in [0.15, 0.2) is 36.4 Å². The summed E-state index contributed by atoms with van der Waals surface area (Å²) in [5.41, 5.74) is 4.64. The summed E-state index contributed by atoms with van der Waals surface area (Å²) in [4.78, 5) is 14.0. The summed E-state index contributed by atoms with van der Waals surface area (Å²) in [6.07, 6.45) is 2.21. The molecule has 0 saturated heterocycles. The van der Waals surface area contributed by atoms with Gasteiger partial charge >= 0.3 is 0 Å². The quantitative estimate of drug-likeness (QED) is 0.672. The van der Waals surface area contributed by atoms with E-state index in [4.69, 9.17) is 0 Å². The van der Waals surface area contributed by atoms with Crippen molar-refractivity contribution in [3.05, 3.63) is 58.1 Å². The van der Waals surface area contributed by atoms with Crippen LogP contribution in [0.2, 0.25) is 0 Å². The molecule has 1 N–H and O–H groups in total. The molecule has 0 unspecified atom stereocenters. The van der Waals surface area contributed by atoms with Crippen LogP contribution in [0.1, 0.15) is 60.1 Å². The Hall–Kier alpha value is -2.07. The normalized spacial score (nSPS) is 14.8. The second-order valence-electron chi connectivity index (χ2n) is 8.42. The lowest BCUT2D eigenvalue weighted by Crippen LogP contribution is -2.27. The zero-order valence-electron chi connectivity index (χ0n) is 15.9. The highest BCUT2D eigenvalue weighted by atomic mass is 32.1. The van der Waals surface area contributed by atoms with Gasteiger partial charge in [0.05, 0.1) is 10.2 Å². The van der Waals surface area contributed by atoms with Crippen molar-refractivity contribution in [2.24, 2.45) is 0 Å². The smallest absolute Gasteiger partial charge is 0.268 e. The molecule has 0 spiro atoms. The molecule has 0 atom stereocenters. The number of thiophene rings is 1. The van der Waals surface area contributed by atoms with Crippen LogP contribution < -0.4 is 5.32 Å². The molecular formula is C22H26N2OS. The lowest BCUT2D eigenvalue weighted by atomic mass is 9.87. The Morgan fingerprint density at radius 1 is 1.19 bits per heavy atom. The number of carbonyl (C=O) groups is 1. The van der Waals surface area contributed by atoms with Gasteiger partial charge in [-0.3, -0.25) is 4.79 Å². The van der Waals surface area contributed by atoms with Crippen molar-refractivity contribution in [1.29, 1.82) is 0 Å². The van der Waals surface area contributed by atoms with Gasteiger partial charge in [0.15, 0.2) is 0 Å². The first kappa shape index (κ1) is 17.3. The van der Waals surface area contributed by atoms with E-state index >= 15 is 0 Å². The average molecular weight is 367 g/mol. The van der Waals surface area contributed by atoms with E-state index in [0.29, 0.717) is 6.04 Å². The van der Waals surface area contributed by atoms with E-state index in [2.05, 4.69) is 67.9 Å². The molecule has 26 heavy (non-hydrogen) atoms. The molecule has 1 aliphatic rings. The van der Waals surface area contributed by atoms with Crippen LogP contribution in [0.3, 0.4) is 0 Å². The Balaban J connectivity index is 1.68. The van der Waals surface area contributed by atoms with Crippen molar-refractivity contribution in [3.8, 4) is 0 Å². The number of hydrogen-bond donors (Lipinski definition) is 1. The van der Waals surface area contributed by atoms with Crippen LogP contribution in [0.25, 0.3) is 10.2 Å². The van der Waals surface area contributed by atoms with Crippen LogP contribution in [-0.2, 0) is 12.0 Å². The van der Waals surface area contributed by atoms with E-state index in [1.54, 1.807) is 11.3 Å². The number of benzene rings is 1. The van der Waals surface area contributed by atoms with Crippen molar-refractivity contribution in [2.45, 2.75) is 58.5 Å². The molecule has 1 aromatic carbocycles. The van der Waals surface area contributed by atoms with E-state index in [-0.39, 0.29) is 11.3 Å². The predicted molar refractivity (Wildman–Crippen MR) is 109 cm³/mol. The minimum absolute atomic E-state index is 0.0554. The molecule has 1 fully saturated rings. The summed E-state index contributed by atoms with van der Waals surface area (Å²) >= 11 is 1.75. The van der Waals surface area contributed by atoms with Gasteiger partial charge in [-0.2, -0.15) is 0 Å². The third-order valence-corrected chi connectivity index (χ3v) is 6.01. The summed E-state index contributed by atoms with van der Waals surface area (Å²) < 4.78 is 3.36. The lowest BCUT2D eigenvalue weighted by molar-refractivity contribution is 0.0942. The van der Waals surface area contributed by atoms with Gasteiger partial charge in [-0.15, -0.1) is 11.3 Å². The lowest BCUT2D eigenvalue weighted by Gasteiger charge is -2.19. The van der Waals surface area contributed by atoms with Crippen LogP contribution in [0.4, 0.5) is 0 Å². The third-order valence-electron chi connectivity index (χ3n) is 5.02. The van der Waals surface area contributed by atoms with Crippen molar-refractivity contribution in [2.75, 3.05) is 0 Å². The third kappa shape index (κ3) is 3.43. The first-order chi connectivity index (χ1) is 12.3. The fourth-order valence-electron chi connectivity index (χ4n) is 3.30. The molecule has 2 heterocycles. The first-order valence-corrected chi connectivity index (χ1v) is 10.1. The Labute approximate surface area is 159 Å². The van der Waals surface area contributed by atoms with Crippen LogP contribution >= 0.6 is 11.3 Å². The summed E-state index contributed by atoms with van der Waals surface area (Å²) in [6, 6.07) is 13.4. The number of rotatable bonds is 4. The molecule has 2 aromatic heterocycles. The summed E-state index contributed by atoms with van der Waals surface area (Å²) in [5, 5.41) is 3.14. The zero-order valence-corrected chi connectivity index (χ0v) is 16.7. The van der Waals surface area contributed by atoms with Crippen molar-refractivity contribution in [1.82, 2.24) is 9.88 Å². The molecule has 1 saturated carbocycles. The molecule has 0 radical (unpaired) electrons. The van der Waals surface area contributed by atoms with Crippen LogP contribution in [-0.4, -0.2) is 16.5 Å². The van der Waals surface area contributed by atoms with Gasteiger partial charge in [0, 0.05) is 17.5 Å². The van der Waals surface area contributed by atoms with E-state index in [9.17, 15) is 4.79 Å². The second kappa shape index (κ2) is 6.27. The minimum Gasteiger partial charge on any atom is -0.348 e. The molecule has 3 nitrogen and oxygen atoms in total. The van der Waals surface area contributed by atoms with Crippen molar-refractivity contribution >= 4 is 27.5 Å². The molecule has 3 aromatic rings. The van der Waals surface area contributed by atoms with Gasteiger partial charge in [-0.25, -0.2) is 0 Å². The van der Waals surface area contributed by atoms with Gasteiger partial charge in [0.2, 0.25) is 0 Å². The predicted octanol–water partition coefficient (Wildman–Crippen LogP) is 5.25. The summed E-state index contributed by atoms with van der Waals surface area (Å²) in [6.45, 7) is 9.53. The number of aryl methyl sites for hydroxylation is 1. The maximum absolute atomic E-state index is 12.7. The van der Waals surface area contributed by atoms with Crippen molar-refractivity contribution in [3.63, 3.8) is 0 Å². The highest BCUT2D eigenvalue weighted by Gasteiger charge is 2.26. The van der Waals surface area contributed by atoms with Gasteiger partial charge in [0.1, 0.15) is 5.69 Å². The molecule has 4 heteroatoms. The molecule has 136 valence electrons. The number of hydrogen-bond acceptors (Lipinski definition) is 2. The molecule has 1 amide bonds.